The van der Waals surface area contributed by atoms with Gasteiger partial charge < -0.3 is 9.32 Å². The van der Waals surface area contributed by atoms with Gasteiger partial charge in [0.25, 0.3) is 11.7 Å². The maximum atomic E-state index is 11.1. The molecule has 0 fully saturated rings. The smallest absolute Gasteiger partial charge is 0.297 e. The van der Waals surface area contributed by atoms with E-state index in [2.05, 4.69) is 4.98 Å². The molecule has 0 bridgehead atoms. The quantitative estimate of drug-likeness (QED) is 0.414. The van der Waals surface area contributed by atoms with Gasteiger partial charge in [-0.15, -0.1) is 0 Å². The van der Waals surface area contributed by atoms with Crippen molar-refractivity contribution in [1.29, 1.82) is 0 Å². The number of non-ortho nitro benzene ring substituents is 1. The topological polar surface area (TPSA) is 72.4 Å². The maximum absolute atomic E-state index is 11.1. The van der Waals surface area contributed by atoms with Crippen LogP contribution in [0.4, 0.5) is 11.7 Å². The van der Waals surface area contributed by atoms with E-state index in [9.17, 15) is 10.1 Å². The molecule has 1 aromatic heterocycles. The summed E-state index contributed by atoms with van der Waals surface area (Å²) in [4.78, 5) is 16.8. The summed E-state index contributed by atoms with van der Waals surface area (Å²) in [6, 6.07) is 13.0. The molecule has 0 spiro atoms. The van der Waals surface area contributed by atoms with E-state index in [0.29, 0.717) is 22.7 Å². The molecule has 116 valence electrons. The number of aromatic nitrogens is 1. The SMILES string of the molecule is CN(C)c1nc2c(C=Cc3ccccc3)cc([N+](=O)[O-])cc2o1. The van der Waals surface area contributed by atoms with E-state index in [1.54, 1.807) is 19.0 Å². The van der Waals surface area contributed by atoms with Crippen molar-refractivity contribution < 1.29 is 9.34 Å². The number of anilines is 1. The van der Waals surface area contributed by atoms with E-state index < -0.39 is 4.92 Å². The Morgan fingerprint density at radius 3 is 2.57 bits per heavy atom. The van der Waals surface area contributed by atoms with Crippen molar-refractivity contribution in [1.82, 2.24) is 4.98 Å². The summed E-state index contributed by atoms with van der Waals surface area (Å²) in [6.07, 6.45) is 3.70. The van der Waals surface area contributed by atoms with Crippen molar-refractivity contribution in [3.63, 3.8) is 0 Å². The fourth-order valence-electron chi connectivity index (χ4n) is 2.20. The molecule has 0 N–H and O–H groups in total. The highest BCUT2D eigenvalue weighted by Crippen LogP contribution is 2.29. The molecule has 6 nitrogen and oxygen atoms in total. The standard InChI is InChI=1S/C17H15N3O3/c1-19(2)17-18-16-13(9-8-12-6-4-3-5-7-12)10-14(20(21)22)11-15(16)23-17/h3-11H,1-2H3. The first-order chi connectivity index (χ1) is 11.0. The van der Waals surface area contributed by atoms with Crippen LogP contribution in [-0.4, -0.2) is 24.0 Å². The van der Waals surface area contributed by atoms with Crippen LogP contribution >= 0.6 is 0 Å². The molecule has 3 aromatic rings. The van der Waals surface area contributed by atoms with Gasteiger partial charge in [0.1, 0.15) is 5.52 Å². The Morgan fingerprint density at radius 2 is 1.91 bits per heavy atom. The highest BCUT2D eigenvalue weighted by Gasteiger charge is 2.16. The summed E-state index contributed by atoms with van der Waals surface area (Å²) in [5, 5.41) is 11.1. The molecule has 3 rings (SSSR count). The number of rotatable bonds is 4. The number of fused-ring (bicyclic) bond motifs is 1. The van der Waals surface area contributed by atoms with Gasteiger partial charge in [0.05, 0.1) is 11.0 Å². The third-order valence-corrected chi connectivity index (χ3v) is 3.35. The lowest BCUT2D eigenvalue weighted by Crippen LogP contribution is -2.08. The zero-order chi connectivity index (χ0) is 16.4. The van der Waals surface area contributed by atoms with Gasteiger partial charge in [0, 0.05) is 25.7 Å². The number of benzene rings is 2. The monoisotopic (exact) mass is 309 g/mol. The van der Waals surface area contributed by atoms with Gasteiger partial charge in [-0.2, -0.15) is 4.98 Å². The van der Waals surface area contributed by atoms with Crippen LogP contribution in [0.3, 0.4) is 0 Å². The number of hydrogen-bond donors (Lipinski definition) is 0. The predicted molar refractivity (Wildman–Crippen MR) is 90.4 cm³/mol. The van der Waals surface area contributed by atoms with E-state index in [-0.39, 0.29) is 5.69 Å². The fraction of sp³-hybridized carbons (Fsp3) is 0.118. The van der Waals surface area contributed by atoms with Gasteiger partial charge in [-0.1, -0.05) is 42.5 Å². The lowest BCUT2D eigenvalue weighted by atomic mass is 10.1. The van der Waals surface area contributed by atoms with Crippen LogP contribution in [-0.2, 0) is 0 Å². The minimum absolute atomic E-state index is 0.0216. The Hall–Kier alpha value is -3.15. The zero-order valence-electron chi connectivity index (χ0n) is 12.8. The molecule has 0 amide bonds. The molecular weight excluding hydrogens is 294 g/mol. The summed E-state index contributed by atoms with van der Waals surface area (Å²) in [5.41, 5.74) is 2.63. The van der Waals surface area contributed by atoms with Crippen LogP contribution in [0.25, 0.3) is 23.3 Å². The molecule has 0 atom stereocenters. The fourth-order valence-corrected chi connectivity index (χ4v) is 2.20. The minimum atomic E-state index is -0.433. The van der Waals surface area contributed by atoms with Gasteiger partial charge in [-0.3, -0.25) is 10.1 Å². The maximum Gasteiger partial charge on any atom is 0.297 e. The molecular formula is C17H15N3O3. The second-order valence-corrected chi connectivity index (χ2v) is 5.27. The molecule has 6 heteroatoms. The van der Waals surface area contributed by atoms with Gasteiger partial charge >= 0.3 is 0 Å². The van der Waals surface area contributed by atoms with Gasteiger partial charge in [0.2, 0.25) is 0 Å². The molecule has 0 aliphatic rings. The highest BCUT2D eigenvalue weighted by atomic mass is 16.6. The highest BCUT2D eigenvalue weighted by molar-refractivity contribution is 5.90. The minimum Gasteiger partial charge on any atom is -0.423 e. The first-order valence-electron chi connectivity index (χ1n) is 7.04. The van der Waals surface area contributed by atoms with Gasteiger partial charge in [-0.05, 0) is 5.56 Å². The Labute approximate surface area is 132 Å². The second kappa shape index (κ2) is 5.92. The van der Waals surface area contributed by atoms with Crippen LogP contribution in [0.15, 0.2) is 46.9 Å². The Kier molecular flexibility index (Phi) is 3.80. The molecule has 0 aliphatic carbocycles. The van der Waals surface area contributed by atoms with Crippen molar-refractivity contribution >= 4 is 35.0 Å². The van der Waals surface area contributed by atoms with Crippen LogP contribution in [0.1, 0.15) is 11.1 Å². The average Bonchev–Trinajstić information content (AvgIpc) is 2.98. The van der Waals surface area contributed by atoms with Crippen LogP contribution in [0.2, 0.25) is 0 Å². The van der Waals surface area contributed by atoms with E-state index in [4.69, 9.17) is 4.42 Å². The number of oxazole rings is 1. The van der Waals surface area contributed by atoms with E-state index in [0.717, 1.165) is 5.56 Å². The Bertz CT molecular complexity index is 883. The van der Waals surface area contributed by atoms with Gasteiger partial charge in [0.15, 0.2) is 5.58 Å². The number of nitro groups is 1. The molecule has 0 saturated carbocycles. The molecule has 23 heavy (non-hydrogen) atoms. The van der Waals surface area contributed by atoms with E-state index in [1.165, 1.54) is 12.1 Å². The molecule has 1 heterocycles. The zero-order valence-corrected chi connectivity index (χ0v) is 12.8. The average molecular weight is 309 g/mol. The van der Waals surface area contributed by atoms with Gasteiger partial charge in [-0.25, -0.2) is 0 Å². The van der Waals surface area contributed by atoms with Crippen LogP contribution < -0.4 is 4.90 Å². The Morgan fingerprint density at radius 1 is 1.17 bits per heavy atom. The van der Waals surface area contributed by atoms with Crippen molar-refractivity contribution in [2.24, 2.45) is 0 Å². The first kappa shape index (κ1) is 14.8. The van der Waals surface area contributed by atoms with E-state index >= 15 is 0 Å². The second-order valence-electron chi connectivity index (χ2n) is 5.27. The van der Waals surface area contributed by atoms with E-state index in [1.807, 2.05) is 42.5 Å². The normalized spacial score (nSPS) is 11.2. The molecule has 0 unspecified atom stereocenters. The molecule has 0 aliphatic heterocycles. The largest absolute Gasteiger partial charge is 0.423 e. The van der Waals surface area contributed by atoms with Crippen molar-refractivity contribution in [3.05, 3.63) is 63.7 Å². The molecule has 0 radical (unpaired) electrons. The lowest BCUT2D eigenvalue weighted by Gasteiger charge is -2.03. The molecule has 0 saturated heterocycles. The number of hydrogen-bond acceptors (Lipinski definition) is 5. The van der Waals surface area contributed by atoms with Crippen molar-refractivity contribution in [2.45, 2.75) is 0 Å². The summed E-state index contributed by atoms with van der Waals surface area (Å²) in [6.45, 7) is 0. The van der Waals surface area contributed by atoms with Crippen LogP contribution in [0.5, 0.6) is 0 Å². The third kappa shape index (κ3) is 3.06. The predicted octanol–water partition coefficient (Wildman–Crippen LogP) is 3.97. The number of nitro benzene ring substituents is 1. The summed E-state index contributed by atoms with van der Waals surface area (Å²) in [5.74, 6) is 0. The summed E-state index contributed by atoms with van der Waals surface area (Å²) < 4.78 is 5.59. The van der Waals surface area contributed by atoms with Crippen molar-refractivity contribution in [2.75, 3.05) is 19.0 Å². The number of nitrogens with zero attached hydrogens (tertiary/aromatic N) is 3. The summed E-state index contributed by atoms with van der Waals surface area (Å²) >= 11 is 0. The van der Waals surface area contributed by atoms with Crippen molar-refractivity contribution in [3.8, 4) is 0 Å². The van der Waals surface area contributed by atoms with Crippen LogP contribution in [0, 0.1) is 10.1 Å². The lowest BCUT2D eigenvalue weighted by molar-refractivity contribution is -0.384. The summed E-state index contributed by atoms with van der Waals surface area (Å²) in [7, 11) is 3.61. The third-order valence-electron chi connectivity index (χ3n) is 3.35. The first-order valence-corrected chi connectivity index (χ1v) is 7.04. The molecule has 2 aromatic carbocycles. The Balaban J connectivity index is 2.13.